The van der Waals surface area contributed by atoms with Gasteiger partial charge in [0.05, 0.1) is 40.9 Å². The maximum Gasteiger partial charge on any atom is 0.226 e. The Hall–Kier alpha value is -2.92. The number of rotatable bonds is 5. The molecule has 5 heterocycles. The lowest BCUT2D eigenvalue weighted by molar-refractivity contribution is 0.135. The summed E-state index contributed by atoms with van der Waals surface area (Å²) < 4.78 is 20.9. The van der Waals surface area contributed by atoms with Gasteiger partial charge in [-0.25, -0.2) is 14.4 Å². The number of nitriles is 1. The molecule has 2 aliphatic heterocycles. The van der Waals surface area contributed by atoms with Crippen molar-refractivity contribution in [2.24, 2.45) is 11.8 Å². The Morgan fingerprint density at radius 3 is 2.69 bits per heavy atom. The first-order valence-corrected chi connectivity index (χ1v) is 15.0. The van der Waals surface area contributed by atoms with Crippen LogP contribution in [0.3, 0.4) is 0 Å². The SMILES string of the molecule is CC.CCCC1C(C(C)C)CN1c1ncc2c3c(c(-c4ncc(F)c5sc(N)c(C#N)c45)c(P)c2n1)COC3. The van der Waals surface area contributed by atoms with Gasteiger partial charge in [0.2, 0.25) is 5.95 Å². The molecule has 39 heavy (non-hydrogen) atoms. The summed E-state index contributed by atoms with van der Waals surface area (Å²) >= 11 is 1.08. The highest BCUT2D eigenvalue weighted by molar-refractivity contribution is 7.29. The van der Waals surface area contributed by atoms with E-state index in [1.54, 1.807) is 0 Å². The van der Waals surface area contributed by atoms with Crippen molar-refractivity contribution in [3.8, 4) is 17.3 Å². The summed E-state index contributed by atoms with van der Waals surface area (Å²) in [5.41, 5.74) is 10.5. The van der Waals surface area contributed by atoms with Crippen LogP contribution < -0.4 is 15.9 Å². The smallest absolute Gasteiger partial charge is 0.226 e. The average Bonchev–Trinajstić information content (AvgIpc) is 3.54. The highest BCUT2D eigenvalue weighted by Gasteiger charge is 2.41. The van der Waals surface area contributed by atoms with Crippen LogP contribution in [0.4, 0.5) is 15.3 Å². The van der Waals surface area contributed by atoms with Crippen molar-refractivity contribution < 1.29 is 9.13 Å². The largest absolute Gasteiger partial charge is 0.389 e. The van der Waals surface area contributed by atoms with E-state index >= 15 is 0 Å². The van der Waals surface area contributed by atoms with Crippen LogP contribution in [0.25, 0.3) is 32.2 Å². The van der Waals surface area contributed by atoms with Crippen LogP contribution in [-0.2, 0) is 18.0 Å². The monoisotopic (exact) mass is 564 g/mol. The normalized spacial score (nSPS) is 18.2. The zero-order valence-corrected chi connectivity index (χ0v) is 25.0. The van der Waals surface area contributed by atoms with Crippen molar-refractivity contribution in [2.45, 2.75) is 66.7 Å². The van der Waals surface area contributed by atoms with Crippen LogP contribution in [0, 0.1) is 29.0 Å². The lowest BCUT2D eigenvalue weighted by Crippen LogP contribution is -2.58. The van der Waals surface area contributed by atoms with Gasteiger partial charge in [-0.3, -0.25) is 4.98 Å². The number of pyridine rings is 1. The number of fused-ring (bicyclic) bond motifs is 4. The third-order valence-electron chi connectivity index (χ3n) is 7.83. The van der Waals surface area contributed by atoms with Crippen molar-refractivity contribution in [2.75, 3.05) is 17.2 Å². The number of aromatic nitrogens is 3. The lowest BCUT2D eigenvalue weighted by atomic mass is 9.78. The van der Waals surface area contributed by atoms with Crippen LogP contribution in [0.2, 0.25) is 0 Å². The number of nitrogens with two attached hydrogens (primary N) is 1. The van der Waals surface area contributed by atoms with Crippen LogP contribution in [-0.4, -0.2) is 27.5 Å². The highest BCUT2D eigenvalue weighted by atomic mass is 32.1. The fourth-order valence-corrected chi connectivity index (χ4v) is 7.35. The molecule has 10 heteroatoms. The first-order valence-electron chi connectivity index (χ1n) is 13.6. The van der Waals surface area contributed by atoms with Crippen molar-refractivity contribution in [1.82, 2.24) is 15.0 Å². The van der Waals surface area contributed by atoms with Gasteiger partial charge in [-0.2, -0.15) is 5.26 Å². The summed E-state index contributed by atoms with van der Waals surface area (Å²) in [5, 5.41) is 12.3. The van der Waals surface area contributed by atoms with E-state index in [4.69, 9.17) is 20.4 Å². The number of nitrogens with zero attached hydrogens (tertiary/aromatic N) is 5. The molecule has 0 amide bonds. The Kier molecular flexibility index (Phi) is 7.74. The van der Waals surface area contributed by atoms with Crippen molar-refractivity contribution in [3.05, 3.63) is 34.9 Å². The summed E-state index contributed by atoms with van der Waals surface area (Å²) in [6.45, 7) is 12.6. The molecule has 3 aromatic heterocycles. The molecule has 0 bridgehead atoms. The van der Waals surface area contributed by atoms with Gasteiger partial charge < -0.3 is 15.4 Å². The summed E-state index contributed by atoms with van der Waals surface area (Å²) in [4.78, 5) is 16.7. The molecule has 0 saturated carbocycles. The van der Waals surface area contributed by atoms with E-state index in [0.29, 0.717) is 46.9 Å². The van der Waals surface area contributed by atoms with E-state index < -0.39 is 5.82 Å². The van der Waals surface area contributed by atoms with Crippen molar-refractivity contribution >= 4 is 57.8 Å². The summed E-state index contributed by atoms with van der Waals surface area (Å²) in [6, 6.07) is 2.59. The fraction of sp³-hybridized carbons (Fsp3) is 0.448. The van der Waals surface area contributed by atoms with Crippen LogP contribution in [0.5, 0.6) is 0 Å². The number of nitrogen functional groups attached to an aromatic ring is 1. The Morgan fingerprint density at radius 2 is 2.00 bits per heavy atom. The molecule has 6 rings (SSSR count). The van der Waals surface area contributed by atoms with Gasteiger partial charge in [-0.05, 0) is 29.4 Å². The molecule has 204 valence electrons. The van der Waals surface area contributed by atoms with Gasteiger partial charge >= 0.3 is 0 Å². The minimum absolute atomic E-state index is 0.255. The van der Waals surface area contributed by atoms with E-state index in [-0.39, 0.29) is 10.6 Å². The molecule has 1 fully saturated rings. The molecule has 4 aromatic rings. The van der Waals surface area contributed by atoms with Crippen LogP contribution >= 0.6 is 20.6 Å². The molecule has 2 N–H and O–H groups in total. The summed E-state index contributed by atoms with van der Waals surface area (Å²) in [6.07, 6.45) is 5.33. The second kappa shape index (κ2) is 10.9. The Labute approximate surface area is 234 Å². The molecule has 0 radical (unpaired) electrons. The van der Waals surface area contributed by atoms with E-state index in [1.165, 1.54) is 6.20 Å². The molecule has 3 unspecified atom stereocenters. The zero-order valence-electron chi connectivity index (χ0n) is 23.0. The van der Waals surface area contributed by atoms with E-state index in [2.05, 4.69) is 46.0 Å². The molecular weight excluding hydrogens is 530 g/mol. The first kappa shape index (κ1) is 27.6. The first-order chi connectivity index (χ1) is 18.8. The second-order valence-corrected chi connectivity index (χ2v) is 11.8. The predicted molar refractivity (Wildman–Crippen MR) is 161 cm³/mol. The molecule has 2 aliphatic rings. The van der Waals surface area contributed by atoms with Crippen LogP contribution in [0.15, 0.2) is 12.4 Å². The maximum atomic E-state index is 14.7. The average molecular weight is 565 g/mol. The van der Waals surface area contributed by atoms with Gasteiger partial charge in [0.1, 0.15) is 11.1 Å². The number of benzene rings is 1. The van der Waals surface area contributed by atoms with Crippen molar-refractivity contribution in [3.63, 3.8) is 0 Å². The Morgan fingerprint density at radius 1 is 1.26 bits per heavy atom. The lowest BCUT2D eigenvalue weighted by Gasteiger charge is -2.50. The minimum atomic E-state index is -0.486. The molecule has 0 aliphatic carbocycles. The van der Waals surface area contributed by atoms with Gasteiger partial charge in [0, 0.05) is 40.4 Å². The number of thiophene rings is 1. The summed E-state index contributed by atoms with van der Waals surface area (Å²) in [7, 11) is 2.82. The molecular formula is C29H34FN6OPS. The Balaban J connectivity index is 0.00000151. The molecule has 1 aromatic carbocycles. The molecule has 1 saturated heterocycles. The number of hydrogen-bond donors (Lipinski definition) is 1. The van der Waals surface area contributed by atoms with Crippen LogP contribution in [0.1, 0.15) is 64.2 Å². The van der Waals surface area contributed by atoms with Gasteiger partial charge in [0.25, 0.3) is 0 Å². The maximum absolute atomic E-state index is 14.7. The number of ether oxygens (including phenoxy) is 1. The van der Waals surface area contributed by atoms with E-state index in [1.807, 2.05) is 20.0 Å². The standard InChI is InChI=1S/C27H28FN6OPS.C2H6/c1-4-5-19-15(12(2)3)9-34(19)27-32-7-14-16-10-35-11-17(16)20(24(36)22(14)33-27)23-21-13(6-29)26(30)37-25(21)18(28)8-31-23;1-2/h7-8,12,15,19H,4-5,9-11,30,36H2,1-3H3;1-2H3. The topological polar surface area (TPSA) is 101 Å². The fourth-order valence-electron chi connectivity index (χ4n) is 5.90. The third-order valence-corrected chi connectivity index (χ3v) is 9.42. The van der Waals surface area contributed by atoms with Gasteiger partial charge in [-0.1, -0.05) is 41.0 Å². The molecule has 3 atom stereocenters. The molecule has 0 spiro atoms. The molecule has 7 nitrogen and oxygen atoms in total. The predicted octanol–water partition coefficient (Wildman–Crippen LogP) is 6.32. The van der Waals surface area contributed by atoms with E-state index in [0.717, 1.165) is 69.6 Å². The number of hydrogen-bond acceptors (Lipinski definition) is 8. The number of halogens is 1. The highest BCUT2D eigenvalue weighted by Crippen LogP contribution is 2.44. The van der Waals surface area contributed by atoms with Crippen molar-refractivity contribution in [1.29, 1.82) is 5.26 Å². The van der Waals surface area contributed by atoms with Gasteiger partial charge in [0.15, 0.2) is 5.82 Å². The number of anilines is 2. The summed E-state index contributed by atoms with van der Waals surface area (Å²) in [5.74, 6) is 1.48. The quantitative estimate of drug-likeness (QED) is 0.283. The minimum Gasteiger partial charge on any atom is -0.389 e. The second-order valence-electron chi connectivity index (χ2n) is 10.2. The zero-order chi connectivity index (χ0) is 28.0. The van der Waals surface area contributed by atoms with Gasteiger partial charge in [-0.15, -0.1) is 20.6 Å². The third kappa shape index (κ3) is 4.34. The van der Waals surface area contributed by atoms with E-state index in [9.17, 15) is 9.65 Å². The Bertz CT molecular complexity index is 1610.